The Labute approximate surface area is 148 Å². The van der Waals surface area contributed by atoms with E-state index in [0.29, 0.717) is 0 Å². The van der Waals surface area contributed by atoms with E-state index in [0.717, 1.165) is 24.3 Å². The lowest BCUT2D eigenvalue weighted by atomic mass is 10.2. The Bertz CT molecular complexity index is 896. The van der Waals surface area contributed by atoms with Crippen molar-refractivity contribution < 1.29 is 27.4 Å². The SMILES string of the molecule is CC(=O)Nc1ccc(C(O)COS(=O)(=O)c2ccc([N+](=O)[O-])cc2)cn1. The zero-order valence-corrected chi connectivity index (χ0v) is 14.3. The number of carbonyl (C=O) groups excluding carboxylic acids is 1. The number of hydrogen-bond acceptors (Lipinski definition) is 8. The molecule has 0 spiro atoms. The number of amides is 1. The minimum absolute atomic E-state index is 0.255. The van der Waals surface area contributed by atoms with E-state index in [4.69, 9.17) is 4.18 Å². The van der Waals surface area contributed by atoms with Gasteiger partial charge in [-0.2, -0.15) is 8.42 Å². The second-order valence-corrected chi connectivity index (χ2v) is 6.78. The van der Waals surface area contributed by atoms with Crippen LogP contribution < -0.4 is 5.32 Å². The Morgan fingerprint density at radius 1 is 1.31 bits per heavy atom. The van der Waals surface area contributed by atoms with Crippen LogP contribution in [-0.4, -0.2) is 35.9 Å². The predicted octanol–water partition coefficient (Wildman–Crippen LogP) is 1.39. The van der Waals surface area contributed by atoms with Gasteiger partial charge in [-0.15, -0.1) is 0 Å². The van der Waals surface area contributed by atoms with Gasteiger partial charge in [0.05, 0.1) is 16.4 Å². The van der Waals surface area contributed by atoms with Gasteiger partial charge in [-0.05, 0) is 18.2 Å². The summed E-state index contributed by atoms with van der Waals surface area (Å²) >= 11 is 0. The fraction of sp³-hybridized carbons (Fsp3) is 0.200. The zero-order valence-electron chi connectivity index (χ0n) is 13.5. The average Bonchev–Trinajstić information content (AvgIpc) is 2.60. The van der Waals surface area contributed by atoms with E-state index in [1.807, 2.05) is 0 Å². The summed E-state index contributed by atoms with van der Waals surface area (Å²) < 4.78 is 28.9. The van der Waals surface area contributed by atoms with Crippen molar-refractivity contribution in [1.82, 2.24) is 4.98 Å². The van der Waals surface area contributed by atoms with Crippen LogP contribution in [0.3, 0.4) is 0 Å². The van der Waals surface area contributed by atoms with Gasteiger partial charge in [-0.1, -0.05) is 6.07 Å². The van der Waals surface area contributed by atoms with Crippen LogP contribution in [0.5, 0.6) is 0 Å². The number of aromatic nitrogens is 1. The number of pyridine rings is 1. The molecule has 1 atom stereocenters. The summed E-state index contributed by atoms with van der Waals surface area (Å²) in [6, 6.07) is 7.08. The van der Waals surface area contributed by atoms with Crippen molar-refractivity contribution in [2.45, 2.75) is 17.9 Å². The number of carbonyl (C=O) groups is 1. The van der Waals surface area contributed by atoms with E-state index in [9.17, 15) is 28.4 Å². The van der Waals surface area contributed by atoms with Gasteiger partial charge < -0.3 is 10.4 Å². The van der Waals surface area contributed by atoms with E-state index >= 15 is 0 Å². The molecule has 1 unspecified atom stereocenters. The Morgan fingerprint density at radius 2 is 1.96 bits per heavy atom. The smallest absolute Gasteiger partial charge is 0.297 e. The van der Waals surface area contributed by atoms with E-state index in [1.165, 1.54) is 25.3 Å². The molecule has 1 amide bonds. The Hall–Kier alpha value is -2.89. The summed E-state index contributed by atoms with van der Waals surface area (Å²) in [5.74, 6) is -0.0174. The number of rotatable bonds is 7. The molecule has 138 valence electrons. The highest BCUT2D eigenvalue weighted by Gasteiger charge is 2.19. The molecule has 2 rings (SSSR count). The van der Waals surface area contributed by atoms with Crippen LogP contribution in [0.2, 0.25) is 0 Å². The summed E-state index contributed by atoms with van der Waals surface area (Å²) in [7, 11) is -4.19. The minimum atomic E-state index is -4.19. The maximum Gasteiger partial charge on any atom is 0.297 e. The van der Waals surface area contributed by atoms with Crippen molar-refractivity contribution in [2.24, 2.45) is 0 Å². The van der Waals surface area contributed by atoms with Crippen LogP contribution in [0.25, 0.3) is 0 Å². The monoisotopic (exact) mass is 381 g/mol. The molecule has 1 heterocycles. The Kier molecular flexibility index (Phi) is 5.97. The third kappa shape index (κ3) is 5.05. The van der Waals surface area contributed by atoms with Crippen LogP contribution in [-0.2, 0) is 19.1 Å². The lowest BCUT2D eigenvalue weighted by Gasteiger charge is -2.12. The third-order valence-electron chi connectivity index (χ3n) is 3.19. The summed E-state index contributed by atoms with van der Waals surface area (Å²) in [6.07, 6.45) is -0.000611. The molecule has 0 saturated heterocycles. The van der Waals surface area contributed by atoms with Crippen LogP contribution in [0, 0.1) is 10.1 Å². The zero-order chi connectivity index (χ0) is 19.3. The van der Waals surface area contributed by atoms with Crippen LogP contribution in [0.4, 0.5) is 11.5 Å². The molecule has 1 aromatic carbocycles. The first kappa shape index (κ1) is 19.4. The highest BCUT2D eigenvalue weighted by atomic mass is 32.2. The minimum Gasteiger partial charge on any atom is -0.386 e. The van der Waals surface area contributed by atoms with Gasteiger partial charge in [0.25, 0.3) is 15.8 Å². The molecule has 26 heavy (non-hydrogen) atoms. The predicted molar refractivity (Wildman–Crippen MR) is 89.7 cm³/mol. The van der Waals surface area contributed by atoms with E-state index in [-0.39, 0.29) is 27.9 Å². The molecule has 2 aromatic rings. The van der Waals surface area contributed by atoms with Gasteiger partial charge in [0, 0.05) is 30.8 Å². The molecule has 0 aliphatic heterocycles. The molecule has 0 fully saturated rings. The number of nitrogens with one attached hydrogen (secondary N) is 1. The first-order valence-corrected chi connectivity index (χ1v) is 8.65. The summed E-state index contributed by atoms with van der Waals surface area (Å²) in [5.41, 5.74) is 0.0346. The number of aliphatic hydroxyl groups is 1. The maximum atomic E-state index is 12.1. The fourth-order valence-electron chi connectivity index (χ4n) is 1.91. The number of nitro benzene ring substituents is 1. The fourth-order valence-corrected chi connectivity index (χ4v) is 2.82. The number of benzene rings is 1. The Balaban J connectivity index is 2.01. The number of anilines is 1. The standard InChI is InChI=1S/C15H15N3O7S/c1-10(19)17-15-7-2-11(8-16-15)14(20)9-25-26(23,24)13-5-3-12(4-6-13)18(21)22/h2-8,14,20H,9H2,1H3,(H,16,17,19). The quantitative estimate of drug-likeness (QED) is 0.415. The second-order valence-electron chi connectivity index (χ2n) is 5.16. The molecule has 0 aliphatic rings. The van der Waals surface area contributed by atoms with Gasteiger partial charge >= 0.3 is 0 Å². The molecule has 2 N–H and O–H groups in total. The summed E-state index contributed by atoms with van der Waals surface area (Å²) in [6.45, 7) is 0.752. The van der Waals surface area contributed by atoms with E-state index < -0.39 is 27.8 Å². The van der Waals surface area contributed by atoms with Crippen LogP contribution in [0.15, 0.2) is 47.5 Å². The number of non-ortho nitro benzene ring substituents is 1. The molecular weight excluding hydrogens is 366 g/mol. The van der Waals surface area contributed by atoms with Crippen molar-refractivity contribution in [3.8, 4) is 0 Å². The van der Waals surface area contributed by atoms with Crippen molar-refractivity contribution >= 4 is 27.5 Å². The number of nitrogens with zero attached hydrogens (tertiary/aromatic N) is 2. The normalized spacial score (nSPS) is 12.4. The maximum absolute atomic E-state index is 12.1. The molecule has 11 heteroatoms. The second kappa shape index (κ2) is 7.99. The summed E-state index contributed by atoms with van der Waals surface area (Å²) in [5, 5.41) is 23.0. The van der Waals surface area contributed by atoms with Crippen molar-refractivity contribution in [3.05, 3.63) is 58.3 Å². The lowest BCUT2D eigenvalue weighted by Crippen LogP contribution is -2.14. The Morgan fingerprint density at radius 3 is 2.46 bits per heavy atom. The lowest BCUT2D eigenvalue weighted by molar-refractivity contribution is -0.384. The van der Waals surface area contributed by atoms with E-state index in [2.05, 4.69) is 10.3 Å². The third-order valence-corrected chi connectivity index (χ3v) is 4.49. The molecule has 0 saturated carbocycles. The van der Waals surface area contributed by atoms with Crippen molar-refractivity contribution in [1.29, 1.82) is 0 Å². The number of nitro groups is 1. The highest BCUT2D eigenvalue weighted by molar-refractivity contribution is 7.86. The van der Waals surface area contributed by atoms with Gasteiger partial charge in [0.1, 0.15) is 11.9 Å². The van der Waals surface area contributed by atoms with E-state index in [1.54, 1.807) is 0 Å². The number of aliphatic hydroxyl groups excluding tert-OH is 1. The summed E-state index contributed by atoms with van der Waals surface area (Å²) in [4.78, 5) is 24.5. The van der Waals surface area contributed by atoms with Crippen molar-refractivity contribution in [3.63, 3.8) is 0 Å². The van der Waals surface area contributed by atoms with Gasteiger partial charge in [-0.25, -0.2) is 4.98 Å². The first-order chi connectivity index (χ1) is 12.2. The molecule has 10 nitrogen and oxygen atoms in total. The molecule has 0 radical (unpaired) electrons. The topological polar surface area (TPSA) is 149 Å². The van der Waals surface area contributed by atoms with Gasteiger partial charge in [0.15, 0.2) is 0 Å². The highest BCUT2D eigenvalue weighted by Crippen LogP contribution is 2.20. The molecule has 0 bridgehead atoms. The van der Waals surface area contributed by atoms with Crippen LogP contribution in [0.1, 0.15) is 18.6 Å². The average molecular weight is 381 g/mol. The molecule has 1 aromatic heterocycles. The molecule has 0 aliphatic carbocycles. The van der Waals surface area contributed by atoms with Gasteiger partial charge in [-0.3, -0.25) is 19.1 Å². The van der Waals surface area contributed by atoms with Gasteiger partial charge in [0.2, 0.25) is 5.91 Å². The number of hydrogen-bond donors (Lipinski definition) is 2. The first-order valence-electron chi connectivity index (χ1n) is 7.24. The molecular formula is C15H15N3O7S. The van der Waals surface area contributed by atoms with Crippen LogP contribution >= 0.6 is 0 Å². The van der Waals surface area contributed by atoms with Crippen molar-refractivity contribution in [2.75, 3.05) is 11.9 Å². The largest absolute Gasteiger partial charge is 0.386 e.